The molecule has 0 aliphatic heterocycles. The van der Waals surface area contributed by atoms with Gasteiger partial charge in [0.1, 0.15) is 20.1 Å². The van der Waals surface area contributed by atoms with E-state index in [4.69, 9.17) is 121 Å². The number of hydrogen-bond acceptors (Lipinski definition) is 1. The fourth-order valence-corrected chi connectivity index (χ4v) is 4.81. The van der Waals surface area contributed by atoms with E-state index in [2.05, 4.69) is 0 Å². The van der Waals surface area contributed by atoms with E-state index < -0.39 is 0 Å². The van der Waals surface area contributed by atoms with Crippen molar-refractivity contribution in [3.8, 4) is 11.5 Å². The molecule has 11 heteroatoms. The van der Waals surface area contributed by atoms with Crippen molar-refractivity contribution in [2.24, 2.45) is 0 Å². The van der Waals surface area contributed by atoms with Crippen molar-refractivity contribution in [3.05, 3.63) is 51.3 Å². The van der Waals surface area contributed by atoms with E-state index in [0.717, 1.165) is 0 Å². The Balaban J connectivity index is 2.70. The fraction of sp³-hybridized carbons (Fsp3) is 0.143. The minimum Gasteiger partial charge on any atom is -0.451 e. The lowest BCUT2D eigenvalue weighted by Crippen LogP contribution is -1.96. The first-order valence-corrected chi connectivity index (χ1v) is 10.3. The van der Waals surface area contributed by atoms with Crippen LogP contribution in [0.2, 0.25) is 40.2 Å². The molecule has 0 amide bonds. The molecule has 0 aliphatic carbocycles. The zero-order chi connectivity index (χ0) is 19.0. The van der Waals surface area contributed by atoms with Gasteiger partial charge in [0.05, 0.1) is 31.9 Å². The minimum absolute atomic E-state index is 0.000967. The van der Waals surface area contributed by atoms with Crippen LogP contribution in [0.3, 0.4) is 0 Å². The van der Waals surface area contributed by atoms with E-state index in [1.54, 1.807) is 0 Å². The van der Waals surface area contributed by atoms with Gasteiger partial charge in [0, 0.05) is 11.1 Å². The van der Waals surface area contributed by atoms with Gasteiger partial charge in [-0.15, -0.1) is 23.2 Å². The summed E-state index contributed by atoms with van der Waals surface area (Å²) < 4.78 is 5.67. The maximum atomic E-state index is 6.22. The third kappa shape index (κ3) is 4.12. The molecule has 2 aromatic carbocycles. The standard InChI is InChI=1S/C14H4Cl10O/c15-1-3-5(17)9(21)13(10(22)6(3)18)25-14-11(23)7(19)4(2-16)8(20)12(14)24/h1-2H2. The summed E-state index contributed by atoms with van der Waals surface area (Å²) in [6, 6.07) is 0. The summed E-state index contributed by atoms with van der Waals surface area (Å²) in [5.74, 6) is -0.134. The van der Waals surface area contributed by atoms with Crippen molar-refractivity contribution in [1.29, 1.82) is 0 Å². The van der Waals surface area contributed by atoms with Crippen molar-refractivity contribution in [1.82, 2.24) is 0 Å². The second-order valence-corrected chi connectivity index (χ2v) is 8.05. The lowest BCUT2D eigenvalue weighted by atomic mass is 10.2. The van der Waals surface area contributed by atoms with Crippen molar-refractivity contribution in [2.45, 2.75) is 11.8 Å². The number of benzene rings is 2. The highest BCUT2D eigenvalue weighted by Gasteiger charge is 2.26. The Labute approximate surface area is 193 Å². The van der Waals surface area contributed by atoms with E-state index in [1.165, 1.54) is 0 Å². The minimum atomic E-state index is -0.0678. The Morgan fingerprint density at radius 2 is 0.680 bits per heavy atom. The number of hydrogen-bond donors (Lipinski definition) is 0. The van der Waals surface area contributed by atoms with Gasteiger partial charge in [0.2, 0.25) is 0 Å². The van der Waals surface area contributed by atoms with E-state index in [-0.39, 0.29) is 63.4 Å². The molecular formula is C14H4Cl10O. The molecule has 0 aliphatic rings. The summed E-state index contributed by atoms with van der Waals surface area (Å²) in [5.41, 5.74) is 0.719. The van der Waals surface area contributed by atoms with Crippen molar-refractivity contribution < 1.29 is 4.74 Å². The zero-order valence-electron chi connectivity index (χ0n) is 11.6. The van der Waals surface area contributed by atoms with Crippen molar-refractivity contribution in [2.75, 3.05) is 0 Å². The molecule has 0 bridgehead atoms. The third-order valence-corrected chi connectivity index (χ3v) is 7.13. The maximum Gasteiger partial charge on any atom is 0.167 e. The molecule has 1 nitrogen and oxygen atoms in total. The molecule has 0 saturated heterocycles. The van der Waals surface area contributed by atoms with E-state index >= 15 is 0 Å². The molecule has 0 aromatic heterocycles. The normalized spacial score (nSPS) is 11.1. The Morgan fingerprint density at radius 3 is 0.880 bits per heavy atom. The van der Waals surface area contributed by atoms with Gasteiger partial charge in [-0.3, -0.25) is 0 Å². The monoisotopic (exact) mass is 538 g/mol. The van der Waals surface area contributed by atoms with Gasteiger partial charge in [0.25, 0.3) is 0 Å². The highest BCUT2D eigenvalue weighted by atomic mass is 35.5. The van der Waals surface area contributed by atoms with Crippen molar-refractivity contribution in [3.63, 3.8) is 0 Å². The predicted molar refractivity (Wildman–Crippen MR) is 112 cm³/mol. The lowest BCUT2D eigenvalue weighted by Gasteiger charge is -2.18. The zero-order valence-corrected chi connectivity index (χ0v) is 19.2. The summed E-state index contributed by atoms with van der Waals surface area (Å²) in [6.45, 7) is 0. The first-order chi connectivity index (χ1) is 11.7. The van der Waals surface area contributed by atoms with Gasteiger partial charge in [-0.25, -0.2) is 0 Å². The van der Waals surface area contributed by atoms with Crippen molar-refractivity contribution >= 4 is 116 Å². The van der Waals surface area contributed by atoms with Crippen LogP contribution in [-0.2, 0) is 11.8 Å². The summed E-state index contributed by atoms with van der Waals surface area (Å²) in [4.78, 5) is 0. The van der Waals surface area contributed by atoms with Crippen LogP contribution in [0.25, 0.3) is 0 Å². The van der Waals surface area contributed by atoms with Crippen LogP contribution in [0, 0.1) is 0 Å². The quantitative estimate of drug-likeness (QED) is 0.276. The lowest BCUT2D eigenvalue weighted by molar-refractivity contribution is 0.483. The molecule has 0 heterocycles. The van der Waals surface area contributed by atoms with Gasteiger partial charge in [-0.2, -0.15) is 0 Å². The molecule has 136 valence electrons. The highest BCUT2D eigenvalue weighted by Crippen LogP contribution is 2.52. The smallest absolute Gasteiger partial charge is 0.167 e. The van der Waals surface area contributed by atoms with Gasteiger partial charge < -0.3 is 4.74 Å². The Kier molecular flexibility index (Phi) is 8.16. The Bertz CT molecular complexity index is 721. The Hall–Kier alpha value is 1.14. The van der Waals surface area contributed by atoms with Gasteiger partial charge in [-0.05, 0) is 0 Å². The van der Waals surface area contributed by atoms with Crippen LogP contribution < -0.4 is 4.74 Å². The second-order valence-electron chi connectivity index (χ2n) is 4.50. The molecule has 2 aromatic rings. The summed E-state index contributed by atoms with van der Waals surface area (Å²) in [7, 11) is 0. The van der Waals surface area contributed by atoms with E-state index in [1.807, 2.05) is 0 Å². The van der Waals surface area contributed by atoms with E-state index in [0.29, 0.717) is 11.1 Å². The molecular weight excluding hydrogens is 539 g/mol. The molecule has 25 heavy (non-hydrogen) atoms. The molecule has 0 spiro atoms. The van der Waals surface area contributed by atoms with Crippen LogP contribution >= 0.6 is 116 Å². The molecule has 0 N–H and O–H groups in total. The molecule has 2 rings (SSSR count). The fourth-order valence-electron chi connectivity index (χ4n) is 1.83. The topological polar surface area (TPSA) is 9.23 Å². The molecule has 0 atom stereocenters. The summed E-state index contributed by atoms with van der Waals surface area (Å²) in [6.07, 6.45) is 0. The number of alkyl halides is 2. The Morgan fingerprint density at radius 1 is 0.440 bits per heavy atom. The molecule has 0 fully saturated rings. The average Bonchev–Trinajstić information content (AvgIpc) is 2.59. The predicted octanol–water partition coefficient (Wildman–Crippen LogP) is 10.2. The van der Waals surface area contributed by atoms with Gasteiger partial charge in [0.15, 0.2) is 11.5 Å². The molecule has 0 unspecified atom stereocenters. The van der Waals surface area contributed by atoms with Gasteiger partial charge in [-0.1, -0.05) is 92.8 Å². The van der Waals surface area contributed by atoms with Crippen LogP contribution in [0.5, 0.6) is 11.5 Å². The first kappa shape index (κ1) is 22.4. The van der Waals surface area contributed by atoms with Crippen LogP contribution in [-0.4, -0.2) is 0 Å². The van der Waals surface area contributed by atoms with Crippen LogP contribution in [0.4, 0.5) is 0 Å². The van der Waals surface area contributed by atoms with E-state index in [9.17, 15) is 0 Å². The van der Waals surface area contributed by atoms with Gasteiger partial charge >= 0.3 is 0 Å². The molecule has 0 saturated carbocycles. The third-order valence-electron chi connectivity index (χ3n) is 3.10. The number of ether oxygens (including phenoxy) is 1. The summed E-state index contributed by atoms with van der Waals surface area (Å²) in [5, 5.41) is 0.261. The number of halogens is 10. The van der Waals surface area contributed by atoms with Crippen LogP contribution in [0.15, 0.2) is 0 Å². The number of rotatable bonds is 4. The highest BCUT2D eigenvalue weighted by molar-refractivity contribution is 6.51. The van der Waals surface area contributed by atoms with Crippen LogP contribution in [0.1, 0.15) is 11.1 Å². The average molecular weight is 543 g/mol. The largest absolute Gasteiger partial charge is 0.451 e. The summed E-state index contributed by atoms with van der Waals surface area (Å²) >= 11 is 61.1. The molecule has 0 radical (unpaired) electrons. The second kappa shape index (κ2) is 9.09. The first-order valence-electron chi connectivity index (χ1n) is 6.16. The SMILES string of the molecule is ClCc1c(Cl)c(Cl)c(Oc2c(Cl)c(Cl)c(CCl)c(Cl)c2Cl)c(Cl)c1Cl. The maximum absolute atomic E-state index is 6.22.